The first-order valence-corrected chi connectivity index (χ1v) is 6.18. The van der Waals surface area contributed by atoms with E-state index >= 15 is 0 Å². The van der Waals surface area contributed by atoms with E-state index in [0.29, 0.717) is 18.3 Å². The highest BCUT2D eigenvalue weighted by Crippen LogP contribution is 2.17. The van der Waals surface area contributed by atoms with Gasteiger partial charge in [0.15, 0.2) is 0 Å². The lowest BCUT2D eigenvalue weighted by Gasteiger charge is -2.26. The van der Waals surface area contributed by atoms with Gasteiger partial charge in [-0.2, -0.15) is 11.8 Å². The van der Waals surface area contributed by atoms with E-state index in [1.165, 1.54) is 24.3 Å². The molecule has 0 radical (unpaired) electrons. The Hall–Kier alpha value is -0.420. The van der Waals surface area contributed by atoms with Crippen LogP contribution in [0, 0.1) is 0 Å². The van der Waals surface area contributed by atoms with Crippen molar-refractivity contribution < 1.29 is 5.21 Å². The zero-order chi connectivity index (χ0) is 10.4. The van der Waals surface area contributed by atoms with Crippen LogP contribution in [-0.2, 0) is 0 Å². The highest BCUT2D eigenvalue weighted by atomic mass is 32.2. The molecule has 14 heavy (non-hydrogen) atoms. The summed E-state index contributed by atoms with van der Waals surface area (Å²) < 4.78 is 0. The number of nitrogens with one attached hydrogen (secondary N) is 1. The van der Waals surface area contributed by atoms with Crippen molar-refractivity contribution in [2.75, 3.05) is 11.5 Å². The lowest BCUT2D eigenvalue weighted by molar-refractivity contribution is 0.315. The van der Waals surface area contributed by atoms with Crippen LogP contribution in [0.1, 0.15) is 26.2 Å². The summed E-state index contributed by atoms with van der Waals surface area (Å²) in [7, 11) is 0. The standard InChI is InChI=1S/C9H19N3OS/c1-7(5-9(10)12-13)11-8-3-2-4-14-6-8/h7-8,11,13H,2-6H2,1H3,(H2,10,12). The van der Waals surface area contributed by atoms with E-state index in [2.05, 4.69) is 17.4 Å². The first-order valence-electron chi connectivity index (χ1n) is 5.02. The Morgan fingerprint density at radius 1 is 1.79 bits per heavy atom. The van der Waals surface area contributed by atoms with Crippen molar-refractivity contribution >= 4 is 17.6 Å². The molecule has 1 aliphatic heterocycles. The molecule has 1 aliphatic rings. The van der Waals surface area contributed by atoms with Crippen LogP contribution < -0.4 is 11.1 Å². The average molecular weight is 217 g/mol. The number of rotatable bonds is 4. The summed E-state index contributed by atoms with van der Waals surface area (Å²) >= 11 is 2.00. The second kappa shape index (κ2) is 6.14. The summed E-state index contributed by atoms with van der Waals surface area (Å²) in [5.41, 5.74) is 5.43. The van der Waals surface area contributed by atoms with Gasteiger partial charge in [-0.1, -0.05) is 5.16 Å². The second-order valence-corrected chi connectivity index (χ2v) is 4.93. The van der Waals surface area contributed by atoms with Crippen molar-refractivity contribution in [3.63, 3.8) is 0 Å². The van der Waals surface area contributed by atoms with E-state index in [1.54, 1.807) is 0 Å². The number of hydrogen-bond acceptors (Lipinski definition) is 4. The maximum absolute atomic E-state index is 8.42. The summed E-state index contributed by atoms with van der Waals surface area (Å²) in [5.74, 6) is 2.77. The number of hydrogen-bond donors (Lipinski definition) is 3. The van der Waals surface area contributed by atoms with Crippen LogP contribution in [0.2, 0.25) is 0 Å². The molecule has 4 nitrogen and oxygen atoms in total. The summed E-state index contributed by atoms with van der Waals surface area (Å²) in [5, 5.41) is 14.9. The summed E-state index contributed by atoms with van der Waals surface area (Å²) in [4.78, 5) is 0. The molecule has 2 atom stereocenters. The maximum Gasteiger partial charge on any atom is 0.140 e. The molecule has 1 rings (SSSR count). The molecule has 82 valence electrons. The van der Waals surface area contributed by atoms with Crippen molar-refractivity contribution in [3.05, 3.63) is 0 Å². The largest absolute Gasteiger partial charge is 0.409 e. The van der Waals surface area contributed by atoms with Crippen LogP contribution in [0.25, 0.3) is 0 Å². The molecule has 0 saturated carbocycles. The zero-order valence-electron chi connectivity index (χ0n) is 8.57. The van der Waals surface area contributed by atoms with Crippen LogP contribution >= 0.6 is 11.8 Å². The van der Waals surface area contributed by atoms with Crippen molar-refractivity contribution in [1.82, 2.24) is 5.32 Å². The van der Waals surface area contributed by atoms with E-state index in [9.17, 15) is 0 Å². The highest BCUT2D eigenvalue weighted by molar-refractivity contribution is 7.99. The third-order valence-electron chi connectivity index (χ3n) is 2.32. The Morgan fingerprint density at radius 2 is 2.57 bits per heavy atom. The Morgan fingerprint density at radius 3 is 3.14 bits per heavy atom. The first kappa shape index (κ1) is 11.7. The Balaban J connectivity index is 2.21. The van der Waals surface area contributed by atoms with Gasteiger partial charge in [0.1, 0.15) is 5.84 Å². The molecule has 1 heterocycles. The smallest absolute Gasteiger partial charge is 0.140 e. The van der Waals surface area contributed by atoms with Crippen molar-refractivity contribution in [2.45, 2.75) is 38.3 Å². The summed E-state index contributed by atoms with van der Waals surface area (Å²) in [6.07, 6.45) is 3.14. The molecule has 1 fully saturated rings. The van der Waals surface area contributed by atoms with Gasteiger partial charge < -0.3 is 16.3 Å². The van der Waals surface area contributed by atoms with E-state index in [4.69, 9.17) is 10.9 Å². The molecular weight excluding hydrogens is 198 g/mol. The van der Waals surface area contributed by atoms with Gasteiger partial charge in [-0.3, -0.25) is 0 Å². The van der Waals surface area contributed by atoms with Gasteiger partial charge in [0, 0.05) is 24.3 Å². The van der Waals surface area contributed by atoms with Crippen LogP contribution in [0.4, 0.5) is 0 Å². The van der Waals surface area contributed by atoms with Crippen LogP contribution in [-0.4, -0.2) is 34.6 Å². The SMILES string of the molecule is CC(CC(N)=NO)NC1CCCSC1. The molecule has 2 unspecified atom stereocenters. The summed E-state index contributed by atoms with van der Waals surface area (Å²) in [6.45, 7) is 2.07. The number of amidine groups is 1. The van der Waals surface area contributed by atoms with Crippen molar-refractivity contribution in [3.8, 4) is 0 Å². The topological polar surface area (TPSA) is 70.6 Å². The minimum Gasteiger partial charge on any atom is -0.409 e. The van der Waals surface area contributed by atoms with Crippen molar-refractivity contribution in [2.24, 2.45) is 10.9 Å². The Bertz CT molecular complexity index is 192. The molecule has 0 amide bonds. The molecule has 0 aliphatic carbocycles. The van der Waals surface area contributed by atoms with E-state index in [-0.39, 0.29) is 6.04 Å². The fourth-order valence-electron chi connectivity index (χ4n) is 1.69. The number of oxime groups is 1. The third-order valence-corrected chi connectivity index (χ3v) is 3.54. The molecule has 0 aromatic heterocycles. The molecule has 1 saturated heterocycles. The summed E-state index contributed by atoms with van der Waals surface area (Å²) in [6, 6.07) is 0.879. The number of nitrogens with zero attached hydrogens (tertiary/aromatic N) is 1. The van der Waals surface area contributed by atoms with Crippen molar-refractivity contribution in [1.29, 1.82) is 0 Å². The van der Waals surface area contributed by atoms with Crippen LogP contribution in [0.15, 0.2) is 5.16 Å². The van der Waals surface area contributed by atoms with E-state index in [0.717, 1.165) is 0 Å². The van der Waals surface area contributed by atoms with Gasteiger partial charge in [-0.25, -0.2) is 0 Å². The monoisotopic (exact) mass is 217 g/mol. The molecule has 0 spiro atoms. The van der Waals surface area contributed by atoms with Gasteiger partial charge in [0.2, 0.25) is 0 Å². The lowest BCUT2D eigenvalue weighted by Crippen LogP contribution is -2.41. The fourth-order valence-corrected chi connectivity index (χ4v) is 2.77. The minimum atomic E-state index is 0.287. The molecule has 0 bridgehead atoms. The molecule has 4 N–H and O–H groups in total. The Kier molecular flexibility index (Phi) is 5.11. The van der Waals surface area contributed by atoms with Crippen LogP contribution in [0.5, 0.6) is 0 Å². The van der Waals surface area contributed by atoms with Gasteiger partial charge in [-0.15, -0.1) is 0 Å². The normalized spacial score (nSPS) is 26.1. The van der Waals surface area contributed by atoms with Gasteiger partial charge in [0.25, 0.3) is 0 Å². The van der Waals surface area contributed by atoms with Gasteiger partial charge in [-0.05, 0) is 25.5 Å². The predicted octanol–water partition coefficient (Wildman–Crippen LogP) is 0.997. The average Bonchev–Trinajstić information content (AvgIpc) is 2.19. The predicted molar refractivity (Wildman–Crippen MR) is 61.0 cm³/mol. The van der Waals surface area contributed by atoms with E-state index < -0.39 is 0 Å². The number of thioether (sulfide) groups is 1. The molecular formula is C9H19N3OS. The second-order valence-electron chi connectivity index (χ2n) is 3.78. The molecule has 0 aromatic rings. The lowest BCUT2D eigenvalue weighted by atomic mass is 10.1. The quantitative estimate of drug-likeness (QED) is 0.284. The maximum atomic E-state index is 8.42. The third kappa shape index (κ3) is 4.19. The Labute approximate surface area is 89.3 Å². The first-order chi connectivity index (χ1) is 6.72. The fraction of sp³-hybridized carbons (Fsp3) is 0.889. The van der Waals surface area contributed by atoms with Crippen LogP contribution in [0.3, 0.4) is 0 Å². The zero-order valence-corrected chi connectivity index (χ0v) is 9.39. The molecule has 5 heteroatoms. The minimum absolute atomic E-state index is 0.287. The number of nitrogens with two attached hydrogens (primary N) is 1. The highest BCUT2D eigenvalue weighted by Gasteiger charge is 2.16. The van der Waals surface area contributed by atoms with Gasteiger partial charge >= 0.3 is 0 Å². The van der Waals surface area contributed by atoms with Gasteiger partial charge in [0.05, 0.1) is 0 Å². The van der Waals surface area contributed by atoms with E-state index in [1.807, 2.05) is 11.8 Å². The molecule has 0 aromatic carbocycles.